The molecule has 3 unspecified atom stereocenters. The van der Waals surface area contributed by atoms with E-state index in [1.54, 1.807) is 29.2 Å². The van der Waals surface area contributed by atoms with Crippen LogP contribution in [0.4, 0.5) is 0 Å². The molecule has 1 saturated carbocycles. The van der Waals surface area contributed by atoms with Crippen molar-refractivity contribution in [3.63, 3.8) is 0 Å². The molecule has 2 aliphatic carbocycles. The fraction of sp³-hybridized carbons (Fsp3) is 0.467. The second-order valence-corrected chi connectivity index (χ2v) is 11.7. The average Bonchev–Trinajstić information content (AvgIpc) is 3.43. The molecule has 0 aromatic heterocycles. The van der Waals surface area contributed by atoms with Crippen LogP contribution >= 0.6 is 22.6 Å². The lowest BCUT2D eigenvalue weighted by Gasteiger charge is -2.43. The van der Waals surface area contributed by atoms with Crippen LogP contribution in [-0.4, -0.2) is 77.3 Å². The molecule has 2 amide bonds. The summed E-state index contributed by atoms with van der Waals surface area (Å²) < 4.78 is 23.5. The summed E-state index contributed by atoms with van der Waals surface area (Å²) in [6, 6.07) is 8.09. The highest BCUT2D eigenvalue weighted by Gasteiger charge is 2.43. The summed E-state index contributed by atoms with van der Waals surface area (Å²) in [5.41, 5.74) is 1.77. The first-order valence-corrected chi connectivity index (χ1v) is 15.0. The van der Waals surface area contributed by atoms with Crippen molar-refractivity contribution in [2.75, 3.05) is 27.1 Å². The van der Waals surface area contributed by atoms with Gasteiger partial charge in [-0.15, -0.1) is 0 Å². The van der Waals surface area contributed by atoms with Gasteiger partial charge in [0.15, 0.2) is 23.0 Å². The zero-order valence-electron chi connectivity index (χ0n) is 23.3. The molecule has 2 aromatic rings. The normalized spacial score (nSPS) is 21.3. The van der Waals surface area contributed by atoms with Gasteiger partial charge >= 0.3 is 0 Å². The van der Waals surface area contributed by atoms with Crippen molar-refractivity contribution in [3.8, 4) is 23.0 Å². The van der Waals surface area contributed by atoms with Crippen LogP contribution < -0.4 is 24.3 Å². The lowest BCUT2D eigenvalue weighted by molar-refractivity contribution is -0.146. The van der Waals surface area contributed by atoms with E-state index in [4.69, 9.17) is 18.9 Å². The number of nitrogens with one attached hydrogen (secondary N) is 1. The minimum Gasteiger partial charge on any atom is -0.493 e. The van der Waals surface area contributed by atoms with Crippen molar-refractivity contribution in [1.29, 1.82) is 0 Å². The number of rotatable bonds is 11. The van der Waals surface area contributed by atoms with Gasteiger partial charge in [-0.3, -0.25) is 9.59 Å². The number of fused-ring (bicyclic) bond motifs is 1. The lowest BCUT2D eigenvalue weighted by Crippen LogP contribution is -2.56. The first-order valence-electron chi connectivity index (χ1n) is 13.9. The Labute approximate surface area is 257 Å². The molecule has 12 heteroatoms. The van der Waals surface area contributed by atoms with E-state index in [1.165, 1.54) is 7.11 Å². The molecule has 4 N–H and O–H groups in total. The molecule has 3 atom stereocenters. The molecule has 0 radical (unpaired) electrons. The molecular weight excluding hydrogens is 659 g/mol. The molecule has 0 spiro atoms. The van der Waals surface area contributed by atoms with Crippen LogP contribution in [0.25, 0.3) is 0 Å². The Kier molecular flexibility index (Phi) is 9.76. The smallest absolute Gasteiger partial charge is 0.247 e. The fourth-order valence-corrected chi connectivity index (χ4v) is 6.17. The molecule has 226 valence electrons. The van der Waals surface area contributed by atoms with Crippen molar-refractivity contribution in [2.45, 2.75) is 57.1 Å². The van der Waals surface area contributed by atoms with Crippen molar-refractivity contribution < 1.29 is 43.9 Å². The van der Waals surface area contributed by atoms with Gasteiger partial charge in [0.25, 0.3) is 0 Å². The molecule has 0 saturated heterocycles. The van der Waals surface area contributed by atoms with Gasteiger partial charge in [0.2, 0.25) is 18.6 Å². The van der Waals surface area contributed by atoms with Crippen LogP contribution in [-0.2, 0) is 22.7 Å². The first kappa shape index (κ1) is 30.4. The van der Waals surface area contributed by atoms with Gasteiger partial charge in [0.05, 0.1) is 29.9 Å². The highest BCUT2D eigenvalue weighted by molar-refractivity contribution is 14.1. The number of methoxy groups -OCH3 is 1. The van der Waals surface area contributed by atoms with Gasteiger partial charge in [-0.1, -0.05) is 12.5 Å². The number of hydrogen-bond donors (Lipinski definition) is 4. The second-order valence-electron chi connectivity index (χ2n) is 10.6. The zero-order valence-corrected chi connectivity index (χ0v) is 25.4. The standard InChI is InChI=1S/C30H35IN2O9/c1-39-26-11-18(15-35)9-21(31)28(26)42-25-13-20(29(37)32-7-8-34)12-22(27(25)36)33(30(38)19-3-2-4-19)14-17-5-6-23-24(10-17)41-16-40-23/h5-6,9-11,13,19,22,25,27,34-36H,2-4,7-8,12,14-16H2,1H3,(H,32,37). The molecular formula is C30H35IN2O9. The van der Waals surface area contributed by atoms with Crippen molar-refractivity contribution in [2.24, 2.45) is 5.92 Å². The van der Waals surface area contributed by atoms with Crippen LogP contribution in [0.3, 0.4) is 0 Å². The topological polar surface area (TPSA) is 147 Å². The number of aliphatic hydroxyl groups is 3. The molecule has 42 heavy (non-hydrogen) atoms. The van der Waals surface area contributed by atoms with Crippen LogP contribution in [0.5, 0.6) is 23.0 Å². The van der Waals surface area contributed by atoms with Crippen molar-refractivity contribution in [1.82, 2.24) is 10.2 Å². The predicted octanol–water partition coefficient (Wildman–Crippen LogP) is 2.27. The number of hydrogen-bond acceptors (Lipinski definition) is 9. The maximum absolute atomic E-state index is 13.9. The Balaban J connectivity index is 1.50. The summed E-state index contributed by atoms with van der Waals surface area (Å²) in [6.45, 7) is -0.0341. The predicted molar refractivity (Wildman–Crippen MR) is 159 cm³/mol. The zero-order chi connectivity index (χ0) is 29.8. The fourth-order valence-electron chi connectivity index (χ4n) is 5.38. The Hall–Kier alpha value is -3.07. The van der Waals surface area contributed by atoms with Crippen molar-refractivity contribution >= 4 is 34.4 Å². The summed E-state index contributed by atoms with van der Waals surface area (Å²) in [7, 11) is 1.48. The maximum atomic E-state index is 13.9. The number of carbonyl (C=O) groups excluding carboxylic acids is 2. The number of amides is 2. The van der Waals surface area contributed by atoms with Gasteiger partial charge in [-0.05, 0) is 76.9 Å². The molecule has 1 fully saturated rings. The van der Waals surface area contributed by atoms with E-state index in [1.807, 2.05) is 12.1 Å². The van der Waals surface area contributed by atoms with E-state index >= 15 is 0 Å². The molecule has 0 bridgehead atoms. The Morgan fingerprint density at radius 3 is 2.60 bits per heavy atom. The Morgan fingerprint density at radius 2 is 1.90 bits per heavy atom. The van der Waals surface area contributed by atoms with Gasteiger partial charge < -0.3 is 44.5 Å². The third-order valence-corrected chi connectivity index (χ3v) is 8.67. The SMILES string of the molecule is COc1cc(CO)cc(I)c1OC1C=C(C(=O)NCCO)CC(N(Cc2ccc3c(c2)OCO3)C(=O)C2CCC2)C1O. The number of aliphatic hydroxyl groups excluding tert-OH is 3. The summed E-state index contributed by atoms with van der Waals surface area (Å²) in [6.07, 6.45) is 1.97. The number of halogens is 1. The number of ether oxygens (including phenoxy) is 4. The van der Waals surface area contributed by atoms with E-state index in [9.17, 15) is 24.9 Å². The Bertz CT molecular complexity index is 1350. The van der Waals surface area contributed by atoms with Crippen LogP contribution in [0.1, 0.15) is 36.8 Å². The van der Waals surface area contributed by atoms with Gasteiger partial charge in [0.1, 0.15) is 12.2 Å². The highest BCUT2D eigenvalue weighted by atomic mass is 127. The third-order valence-electron chi connectivity index (χ3n) is 7.87. The van der Waals surface area contributed by atoms with Crippen LogP contribution in [0, 0.1) is 9.49 Å². The van der Waals surface area contributed by atoms with E-state index in [0.29, 0.717) is 37.7 Å². The van der Waals surface area contributed by atoms with E-state index in [2.05, 4.69) is 27.9 Å². The maximum Gasteiger partial charge on any atom is 0.247 e. The van der Waals surface area contributed by atoms with Gasteiger partial charge in [-0.25, -0.2) is 0 Å². The summed E-state index contributed by atoms with van der Waals surface area (Å²) in [5.74, 6) is 1.27. The summed E-state index contributed by atoms with van der Waals surface area (Å²) in [5, 5.41) is 33.4. The van der Waals surface area contributed by atoms with Crippen molar-refractivity contribution in [3.05, 3.63) is 56.7 Å². The second kappa shape index (κ2) is 13.5. The molecule has 1 aliphatic heterocycles. The molecule has 5 rings (SSSR count). The number of carbonyl (C=O) groups is 2. The monoisotopic (exact) mass is 694 g/mol. The van der Waals surface area contributed by atoms with Crippen LogP contribution in [0.2, 0.25) is 0 Å². The van der Waals surface area contributed by atoms with Crippen LogP contribution in [0.15, 0.2) is 42.0 Å². The minimum atomic E-state index is -1.18. The van der Waals surface area contributed by atoms with Gasteiger partial charge in [-0.2, -0.15) is 0 Å². The summed E-state index contributed by atoms with van der Waals surface area (Å²) in [4.78, 5) is 28.7. The summed E-state index contributed by atoms with van der Waals surface area (Å²) >= 11 is 2.07. The van der Waals surface area contributed by atoms with Gasteiger partial charge in [0, 0.05) is 31.0 Å². The third kappa shape index (κ3) is 6.46. The molecule has 3 aliphatic rings. The quantitative estimate of drug-likeness (QED) is 0.260. The molecule has 1 heterocycles. The Morgan fingerprint density at radius 1 is 1.12 bits per heavy atom. The van der Waals surface area contributed by atoms with E-state index < -0.39 is 24.2 Å². The van der Waals surface area contributed by atoms with E-state index in [-0.39, 0.29) is 51.3 Å². The van der Waals surface area contributed by atoms with E-state index in [0.717, 1.165) is 24.8 Å². The molecule has 2 aromatic carbocycles. The minimum absolute atomic E-state index is 0.0607. The first-order chi connectivity index (χ1) is 20.3. The highest BCUT2D eigenvalue weighted by Crippen LogP contribution is 2.39. The lowest BCUT2D eigenvalue weighted by atomic mass is 9.82. The average molecular weight is 695 g/mol. The number of benzene rings is 2. The largest absolute Gasteiger partial charge is 0.493 e. The number of nitrogens with zero attached hydrogens (tertiary/aromatic N) is 1. The molecule has 11 nitrogen and oxygen atoms in total.